The van der Waals surface area contributed by atoms with E-state index < -0.39 is 18.9 Å². The lowest BCUT2D eigenvalue weighted by atomic mass is 9.68. The Balaban J connectivity index is 2.35. The van der Waals surface area contributed by atoms with Gasteiger partial charge in [-0.15, -0.1) is 0 Å². The Morgan fingerprint density at radius 3 is 2.61 bits per heavy atom. The highest BCUT2D eigenvalue weighted by Gasteiger charge is 2.21. The van der Waals surface area contributed by atoms with Gasteiger partial charge < -0.3 is 13.8 Å². The van der Waals surface area contributed by atoms with Gasteiger partial charge in [0.2, 0.25) is 0 Å². The fraction of sp³-hybridized carbons (Fsp3) is 0.455. The van der Waals surface area contributed by atoms with Gasteiger partial charge in [-0.1, -0.05) is 0 Å². The van der Waals surface area contributed by atoms with Crippen molar-refractivity contribution in [2.75, 3.05) is 27.2 Å². The van der Waals surface area contributed by atoms with Gasteiger partial charge in [0.25, 0.3) is 0 Å². The maximum atomic E-state index is 11.6. The minimum Gasteiger partial charge on any atom is -0.527 e. The molecule has 0 atom stereocenters. The van der Waals surface area contributed by atoms with Crippen LogP contribution in [0.4, 0.5) is 0 Å². The number of carbonyl (C=O) groups is 2. The molecule has 1 heterocycles. The monoisotopic (exact) mass is 253 g/mol. The fourth-order valence-corrected chi connectivity index (χ4v) is 1.38. The predicted molar refractivity (Wildman–Crippen MR) is 65.6 cm³/mol. The molecule has 7 heteroatoms. The van der Waals surface area contributed by atoms with Crippen LogP contribution in [0.3, 0.4) is 0 Å². The third-order valence-corrected chi connectivity index (χ3v) is 2.28. The van der Waals surface area contributed by atoms with Crippen molar-refractivity contribution in [1.82, 2.24) is 4.90 Å². The Bertz CT molecular complexity index is 392. The molecule has 0 fully saturated rings. The molecule has 6 nitrogen and oxygen atoms in total. The number of likely N-dealkylation sites (N-methyl/N-ethyl adjacent to an activating group) is 1. The molecule has 0 N–H and O–H groups in total. The minimum absolute atomic E-state index is 0.0140. The van der Waals surface area contributed by atoms with Crippen molar-refractivity contribution in [3.8, 4) is 0 Å². The summed E-state index contributed by atoms with van der Waals surface area (Å²) in [5.74, 6) is -0.824. The van der Waals surface area contributed by atoms with Gasteiger partial charge in [-0.05, 0) is 26.0 Å². The van der Waals surface area contributed by atoms with Crippen molar-refractivity contribution in [1.29, 1.82) is 0 Å². The summed E-state index contributed by atoms with van der Waals surface area (Å²) in [6.45, 7) is 1.33. The molecule has 0 bridgehead atoms. The summed E-state index contributed by atoms with van der Waals surface area (Å²) >= 11 is 0. The summed E-state index contributed by atoms with van der Waals surface area (Å²) in [7, 11) is 2.93. The number of rotatable bonds is 6. The predicted octanol–water partition coefficient (Wildman–Crippen LogP) is -0.244. The standard InChI is InChI=1S/C11H16BNO5/c1-12(9-5-4-6-17-9)18-11(15)8-13(2)7-10(14)16-3/h4-6H,7-8H2,1-3H3. The molecule has 98 valence electrons. The van der Waals surface area contributed by atoms with E-state index in [1.165, 1.54) is 18.3 Å². The Morgan fingerprint density at radius 1 is 1.39 bits per heavy atom. The molecule has 0 spiro atoms. The van der Waals surface area contributed by atoms with Crippen LogP contribution in [0, 0.1) is 0 Å². The van der Waals surface area contributed by atoms with E-state index >= 15 is 0 Å². The lowest BCUT2D eigenvalue weighted by molar-refractivity contribution is -0.142. The number of nitrogens with zero attached hydrogens (tertiary/aromatic N) is 1. The number of ether oxygens (including phenoxy) is 1. The second-order valence-electron chi connectivity index (χ2n) is 3.90. The van der Waals surface area contributed by atoms with Gasteiger partial charge >= 0.3 is 18.9 Å². The van der Waals surface area contributed by atoms with E-state index in [0.717, 1.165) is 0 Å². The van der Waals surface area contributed by atoms with Crippen molar-refractivity contribution in [2.45, 2.75) is 6.82 Å². The molecule has 1 rings (SSSR count). The minimum atomic E-state index is -0.445. The number of hydrogen-bond acceptors (Lipinski definition) is 6. The highest BCUT2D eigenvalue weighted by atomic mass is 16.5. The third-order valence-electron chi connectivity index (χ3n) is 2.28. The Morgan fingerprint density at radius 2 is 2.06 bits per heavy atom. The molecule has 0 aliphatic carbocycles. The average molecular weight is 253 g/mol. The first-order valence-electron chi connectivity index (χ1n) is 5.51. The van der Waals surface area contributed by atoms with Gasteiger partial charge in [0.1, 0.15) is 5.66 Å². The van der Waals surface area contributed by atoms with Crippen LogP contribution in [0.5, 0.6) is 0 Å². The Hall–Kier alpha value is -1.76. The Labute approximate surface area is 106 Å². The van der Waals surface area contributed by atoms with Crippen molar-refractivity contribution >= 4 is 24.5 Å². The number of carbonyl (C=O) groups excluding carboxylic acids is 2. The number of hydrogen-bond donors (Lipinski definition) is 0. The molecule has 1 aromatic rings. The average Bonchev–Trinajstić information content (AvgIpc) is 2.81. The lowest BCUT2D eigenvalue weighted by Crippen LogP contribution is -2.37. The summed E-state index contributed by atoms with van der Waals surface area (Å²) in [5, 5.41) is 0. The van der Waals surface area contributed by atoms with E-state index in [0.29, 0.717) is 5.66 Å². The quantitative estimate of drug-likeness (QED) is 0.514. The maximum absolute atomic E-state index is 11.6. The highest BCUT2D eigenvalue weighted by Crippen LogP contribution is 1.94. The normalized spacial score (nSPS) is 10.2. The molecule has 0 saturated heterocycles. The lowest BCUT2D eigenvalue weighted by Gasteiger charge is -2.15. The van der Waals surface area contributed by atoms with Crippen LogP contribution in [-0.2, 0) is 19.0 Å². The molecule has 18 heavy (non-hydrogen) atoms. The van der Waals surface area contributed by atoms with E-state index in [2.05, 4.69) is 4.74 Å². The van der Waals surface area contributed by atoms with Crippen molar-refractivity contribution in [2.24, 2.45) is 0 Å². The van der Waals surface area contributed by atoms with Crippen molar-refractivity contribution < 1.29 is 23.4 Å². The van der Waals surface area contributed by atoms with Crippen molar-refractivity contribution in [3.63, 3.8) is 0 Å². The molecule has 0 aliphatic rings. The largest absolute Gasteiger partial charge is 0.527 e. The summed E-state index contributed by atoms with van der Waals surface area (Å²) in [5.41, 5.74) is 0.582. The first kappa shape index (κ1) is 14.3. The molecular weight excluding hydrogens is 237 g/mol. The second kappa shape index (κ2) is 6.85. The van der Waals surface area contributed by atoms with Gasteiger partial charge in [0.15, 0.2) is 0 Å². The SMILES string of the molecule is COC(=O)CN(C)CC(=O)OB(C)c1ccco1. The first-order valence-corrected chi connectivity index (χ1v) is 5.51. The van der Waals surface area contributed by atoms with Crippen LogP contribution in [0.1, 0.15) is 0 Å². The molecular formula is C11H16BNO5. The smallest absolute Gasteiger partial charge is 0.428 e. The maximum Gasteiger partial charge on any atom is 0.428 e. The summed E-state index contributed by atoms with van der Waals surface area (Å²) < 4.78 is 14.8. The summed E-state index contributed by atoms with van der Waals surface area (Å²) in [6.07, 6.45) is 1.52. The molecule has 1 aromatic heterocycles. The van der Waals surface area contributed by atoms with Gasteiger partial charge in [-0.2, -0.15) is 0 Å². The van der Waals surface area contributed by atoms with Crippen LogP contribution < -0.4 is 5.66 Å². The van der Waals surface area contributed by atoms with Crippen LogP contribution in [0.25, 0.3) is 0 Å². The van der Waals surface area contributed by atoms with Gasteiger partial charge in [-0.25, -0.2) is 0 Å². The molecule has 0 aliphatic heterocycles. The summed E-state index contributed by atoms with van der Waals surface area (Å²) in [6, 6.07) is 3.46. The van der Waals surface area contributed by atoms with E-state index in [1.807, 2.05) is 0 Å². The van der Waals surface area contributed by atoms with E-state index in [9.17, 15) is 9.59 Å². The zero-order valence-electron chi connectivity index (χ0n) is 10.7. The topological polar surface area (TPSA) is 69.0 Å². The molecule has 0 radical (unpaired) electrons. The summed E-state index contributed by atoms with van der Waals surface area (Å²) in [4.78, 5) is 24.1. The zero-order chi connectivity index (χ0) is 13.5. The van der Waals surface area contributed by atoms with Crippen LogP contribution >= 0.6 is 0 Å². The van der Waals surface area contributed by atoms with Crippen molar-refractivity contribution in [3.05, 3.63) is 18.4 Å². The van der Waals surface area contributed by atoms with Gasteiger partial charge in [0, 0.05) is 0 Å². The van der Waals surface area contributed by atoms with E-state index in [1.54, 1.807) is 26.0 Å². The van der Waals surface area contributed by atoms with Gasteiger partial charge in [0.05, 0.1) is 26.5 Å². The Kier molecular flexibility index (Phi) is 5.45. The molecule has 0 aromatic carbocycles. The first-order chi connectivity index (χ1) is 8.52. The van der Waals surface area contributed by atoms with E-state index in [-0.39, 0.29) is 13.1 Å². The molecule has 0 unspecified atom stereocenters. The highest BCUT2D eigenvalue weighted by molar-refractivity contribution is 6.66. The zero-order valence-corrected chi connectivity index (χ0v) is 10.7. The van der Waals surface area contributed by atoms with Crippen LogP contribution in [0.15, 0.2) is 22.8 Å². The fourth-order valence-electron chi connectivity index (χ4n) is 1.38. The number of methoxy groups -OCH3 is 1. The number of furan rings is 1. The molecule has 0 amide bonds. The second-order valence-corrected chi connectivity index (χ2v) is 3.90. The van der Waals surface area contributed by atoms with Crippen LogP contribution in [-0.4, -0.2) is 51.0 Å². The third kappa shape index (κ3) is 4.62. The van der Waals surface area contributed by atoms with E-state index in [4.69, 9.17) is 9.07 Å². The molecule has 0 saturated carbocycles. The van der Waals surface area contributed by atoms with Gasteiger partial charge in [-0.3, -0.25) is 14.5 Å². The van der Waals surface area contributed by atoms with Crippen LogP contribution in [0.2, 0.25) is 6.82 Å². The number of esters is 1.